The van der Waals surface area contributed by atoms with Gasteiger partial charge in [-0.1, -0.05) is 6.92 Å². The van der Waals surface area contributed by atoms with Gasteiger partial charge in [0.15, 0.2) is 0 Å². The first kappa shape index (κ1) is 11.9. The molecule has 0 radical (unpaired) electrons. The molecule has 0 unspecified atom stereocenters. The van der Waals surface area contributed by atoms with Crippen molar-refractivity contribution in [3.63, 3.8) is 0 Å². The highest BCUT2D eigenvalue weighted by molar-refractivity contribution is 9.10. The molecule has 0 bridgehead atoms. The maximum atomic E-state index is 4.43. The molecule has 1 atom stereocenters. The van der Waals surface area contributed by atoms with E-state index < -0.39 is 0 Å². The molecular formula is C12H18BrN3. The first-order valence-corrected chi connectivity index (χ1v) is 6.69. The van der Waals surface area contributed by atoms with E-state index in [-0.39, 0.29) is 0 Å². The number of hydrogen-bond acceptors (Lipinski definition) is 3. The van der Waals surface area contributed by atoms with Crippen molar-refractivity contribution in [2.75, 3.05) is 24.5 Å². The van der Waals surface area contributed by atoms with Crippen LogP contribution in [0.2, 0.25) is 0 Å². The van der Waals surface area contributed by atoms with Gasteiger partial charge in [-0.15, -0.1) is 0 Å². The van der Waals surface area contributed by atoms with Crippen LogP contribution in [0, 0.1) is 0 Å². The van der Waals surface area contributed by atoms with Gasteiger partial charge in [-0.25, -0.2) is 4.98 Å². The minimum Gasteiger partial charge on any atom is -0.355 e. The summed E-state index contributed by atoms with van der Waals surface area (Å²) in [7, 11) is 0. The van der Waals surface area contributed by atoms with Crippen molar-refractivity contribution in [2.24, 2.45) is 0 Å². The second kappa shape index (κ2) is 5.64. The van der Waals surface area contributed by atoms with Crippen LogP contribution >= 0.6 is 15.9 Å². The van der Waals surface area contributed by atoms with Gasteiger partial charge in [-0.2, -0.15) is 0 Å². The Balaban J connectivity index is 1.90. The van der Waals surface area contributed by atoms with Gasteiger partial charge < -0.3 is 10.2 Å². The largest absolute Gasteiger partial charge is 0.355 e. The summed E-state index contributed by atoms with van der Waals surface area (Å²) in [6.07, 6.45) is 4.28. The molecule has 1 N–H and O–H groups in total. The normalized spacial score (nSPS) is 20.4. The first-order chi connectivity index (χ1) is 7.79. The maximum Gasteiger partial charge on any atom is 0.128 e. The zero-order valence-corrected chi connectivity index (χ0v) is 11.2. The van der Waals surface area contributed by atoms with E-state index in [1.807, 2.05) is 6.20 Å². The lowest BCUT2D eigenvalue weighted by Crippen LogP contribution is -2.33. The lowest BCUT2D eigenvalue weighted by atomic mass is 10.2. The van der Waals surface area contributed by atoms with Gasteiger partial charge in [0.2, 0.25) is 0 Å². The van der Waals surface area contributed by atoms with Crippen molar-refractivity contribution in [1.29, 1.82) is 0 Å². The average Bonchev–Trinajstić information content (AvgIpc) is 2.76. The fraction of sp³-hybridized carbons (Fsp3) is 0.583. The second-order valence-corrected chi connectivity index (χ2v) is 5.14. The number of halogens is 1. The van der Waals surface area contributed by atoms with Crippen LogP contribution in [-0.2, 0) is 0 Å². The molecule has 1 aromatic rings. The number of aromatic nitrogens is 1. The van der Waals surface area contributed by atoms with Crippen molar-refractivity contribution in [3.05, 3.63) is 22.8 Å². The molecule has 1 saturated heterocycles. The first-order valence-electron chi connectivity index (χ1n) is 5.89. The smallest absolute Gasteiger partial charge is 0.128 e. The quantitative estimate of drug-likeness (QED) is 0.920. The predicted molar refractivity (Wildman–Crippen MR) is 70.8 cm³/mol. The molecule has 4 heteroatoms. The van der Waals surface area contributed by atoms with Crippen LogP contribution in [0.15, 0.2) is 22.8 Å². The SMILES string of the molecule is CCCN[C@@H]1CCN(c2ccc(Br)cn2)C1. The Bertz CT molecular complexity index is 326. The Morgan fingerprint density at radius 3 is 3.12 bits per heavy atom. The molecule has 1 fully saturated rings. The molecule has 1 aliphatic rings. The van der Waals surface area contributed by atoms with Gasteiger partial charge in [0.1, 0.15) is 5.82 Å². The Morgan fingerprint density at radius 2 is 2.44 bits per heavy atom. The van der Waals surface area contributed by atoms with Gasteiger partial charge in [0.25, 0.3) is 0 Å². The highest BCUT2D eigenvalue weighted by atomic mass is 79.9. The van der Waals surface area contributed by atoms with Crippen LogP contribution in [-0.4, -0.2) is 30.7 Å². The molecule has 0 amide bonds. The molecular weight excluding hydrogens is 266 g/mol. The zero-order chi connectivity index (χ0) is 11.4. The zero-order valence-electron chi connectivity index (χ0n) is 9.62. The fourth-order valence-electron chi connectivity index (χ4n) is 2.04. The minimum absolute atomic E-state index is 0.630. The van der Waals surface area contributed by atoms with Gasteiger partial charge in [-0.05, 0) is 47.4 Å². The lowest BCUT2D eigenvalue weighted by Gasteiger charge is -2.17. The summed E-state index contributed by atoms with van der Waals surface area (Å²) in [4.78, 5) is 6.77. The molecule has 2 heterocycles. The van der Waals surface area contributed by atoms with Crippen molar-refractivity contribution in [1.82, 2.24) is 10.3 Å². The van der Waals surface area contributed by atoms with E-state index in [1.54, 1.807) is 0 Å². The molecule has 16 heavy (non-hydrogen) atoms. The molecule has 0 saturated carbocycles. The number of nitrogens with one attached hydrogen (secondary N) is 1. The van der Waals surface area contributed by atoms with E-state index in [0.29, 0.717) is 6.04 Å². The van der Waals surface area contributed by atoms with E-state index in [0.717, 1.165) is 29.9 Å². The van der Waals surface area contributed by atoms with Gasteiger partial charge in [-0.3, -0.25) is 0 Å². The van der Waals surface area contributed by atoms with Crippen molar-refractivity contribution in [3.8, 4) is 0 Å². The molecule has 1 aliphatic heterocycles. The summed E-state index contributed by atoms with van der Waals surface area (Å²) in [6, 6.07) is 4.76. The fourth-order valence-corrected chi connectivity index (χ4v) is 2.27. The Hall–Kier alpha value is -0.610. The van der Waals surface area contributed by atoms with Crippen LogP contribution < -0.4 is 10.2 Å². The summed E-state index contributed by atoms with van der Waals surface area (Å²) in [5.41, 5.74) is 0. The summed E-state index contributed by atoms with van der Waals surface area (Å²) in [6.45, 7) is 5.51. The Labute approximate surface area is 105 Å². The third kappa shape index (κ3) is 2.95. The molecule has 0 spiro atoms. The summed E-state index contributed by atoms with van der Waals surface area (Å²) >= 11 is 3.41. The van der Waals surface area contributed by atoms with E-state index in [9.17, 15) is 0 Å². The summed E-state index contributed by atoms with van der Waals surface area (Å²) in [5, 5.41) is 3.56. The van der Waals surface area contributed by atoms with Crippen molar-refractivity contribution in [2.45, 2.75) is 25.8 Å². The van der Waals surface area contributed by atoms with E-state index in [4.69, 9.17) is 0 Å². The molecule has 3 nitrogen and oxygen atoms in total. The van der Waals surface area contributed by atoms with Crippen LogP contribution in [0.4, 0.5) is 5.82 Å². The maximum absolute atomic E-state index is 4.43. The highest BCUT2D eigenvalue weighted by Crippen LogP contribution is 2.19. The average molecular weight is 284 g/mol. The number of hydrogen-bond donors (Lipinski definition) is 1. The monoisotopic (exact) mass is 283 g/mol. The number of rotatable bonds is 4. The van der Waals surface area contributed by atoms with Crippen molar-refractivity contribution < 1.29 is 0 Å². The van der Waals surface area contributed by atoms with Crippen LogP contribution in [0.5, 0.6) is 0 Å². The highest BCUT2D eigenvalue weighted by Gasteiger charge is 2.22. The summed E-state index contributed by atoms with van der Waals surface area (Å²) < 4.78 is 1.04. The number of pyridine rings is 1. The van der Waals surface area contributed by atoms with Crippen LogP contribution in [0.25, 0.3) is 0 Å². The van der Waals surface area contributed by atoms with E-state index in [2.05, 4.69) is 50.2 Å². The van der Waals surface area contributed by atoms with Crippen LogP contribution in [0.1, 0.15) is 19.8 Å². The predicted octanol–water partition coefficient (Wildman–Crippen LogP) is 2.42. The van der Waals surface area contributed by atoms with Gasteiger partial charge in [0, 0.05) is 29.8 Å². The minimum atomic E-state index is 0.630. The van der Waals surface area contributed by atoms with Gasteiger partial charge >= 0.3 is 0 Å². The third-order valence-electron chi connectivity index (χ3n) is 2.91. The number of anilines is 1. The standard InChI is InChI=1S/C12H18BrN3/c1-2-6-14-11-5-7-16(9-11)12-4-3-10(13)8-15-12/h3-4,8,11,14H,2,5-7,9H2,1H3/t11-/m1/s1. The van der Waals surface area contributed by atoms with Crippen molar-refractivity contribution >= 4 is 21.7 Å². The Kier molecular flexibility index (Phi) is 4.18. The number of nitrogens with zero attached hydrogens (tertiary/aromatic N) is 2. The molecule has 2 rings (SSSR count). The molecule has 1 aromatic heterocycles. The Morgan fingerprint density at radius 1 is 1.56 bits per heavy atom. The van der Waals surface area contributed by atoms with Gasteiger partial charge in [0.05, 0.1) is 0 Å². The molecule has 0 aliphatic carbocycles. The van der Waals surface area contributed by atoms with Crippen LogP contribution in [0.3, 0.4) is 0 Å². The topological polar surface area (TPSA) is 28.2 Å². The van der Waals surface area contributed by atoms with E-state index >= 15 is 0 Å². The third-order valence-corrected chi connectivity index (χ3v) is 3.38. The second-order valence-electron chi connectivity index (χ2n) is 4.22. The molecule has 0 aromatic carbocycles. The molecule has 88 valence electrons. The lowest BCUT2D eigenvalue weighted by molar-refractivity contribution is 0.549. The summed E-state index contributed by atoms with van der Waals surface area (Å²) in [5.74, 6) is 1.09. The van der Waals surface area contributed by atoms with E-state index in [1.165, 1.54) is 12.8 Å².